The summed E-state index contributed by atoms with van der Waals surface area (Å²) in [7, 11) is 0. The summed E-state index contributed by atoms with van der Waals surface area (Å²) < 4.78 is 11.2. The van der Waals surface area contributed by atoms with Gasteiger partial charge in [-0.15, -0.1) is 0 Å². The van der Waals surface area contributed by atoms with Crippen molar-refractivity contribution in [2.45, 2.75) is 281 Å². The number of carbonyl (C=O) groups excluding carboxylic acids is 1. The number of unbranched alkanes of at least 4 members (excludes halogenated alkanes) is 29. The van der Waals surface area contributed by atoms with E-state index >= 15 is 0 Å². The van der Waals surface area contributed by atoms with E-state index in [1.165, 1.54) is 167 Å². The second-order valence-electron chi connectivity index (χ2n) is 18.7. The van der Waals surface area contributed by atoms with E-state index in [9.17, 15) is 30.3 Å². The van der Waals surface area contributed by atoms with Gasteiger partial charge in [0, 0.05) is 6.42 Å². The van der Waals surface area contributed by atoms with Crippen LogP contribution >= 0.6 is 0 Å². The predicted octanol–water partition coefficient (Wildman–Crippen LogP) is 12.6. The minimum atomic E-state index is -1.57. The van der Waals surface area contributed by atoms with E-state index in [0.29, 0.717) is 6.42 Å². The molecule has 7 atom stereocenters. The molecule has 0 aromatic carbocycles. The highest BCUT2D eigenvalue weighted by Crippen LogP contribution is 2.23. The van der Waals surface area contributed by atoms with E-state index in [0.717, 1.165) is 51.4 Å². The molecule has 0 aromatic heterocycles. The van der Waals surface area contributed by atoms with Crippen LogP contribution in [0.2, 0.25) is 0 Å². The quantitative estimate of drug-likeness (QED) is 0.0261. The summed E-state index contributed by atoms with van der Waals surface area (Å²) in [6.07, 6.45) is 51.6. The molecule has 1 aliphatic heterocycles. The zero-order valence-corrected chi connectivity index (χ0v) is 41.3. The van der Waals surface area contributed by atoms with Crippen LogP contribution in [0.25, 0.3) is 0 Å². The Hall–Kier alpha value is -1.85. The third kappa shape index (κ3) is 34.5. The van der Waals surface area contributed by atoms with Crippen molar-refractivity contribution in [1.82, 2.24) is 5.32 Å². The topological polar surface area (TPSA) is 149 Å². The number of aliphatic hydroxyl groups is 5. The molecule has 1 fully saturated rings. The maximum Gasteiger partial charge on any atom is 0.220 e. The molecular weight excluding hydrogens is 803 g/mol. The largest absolute Gasteiger partial charge is 0.394 e. The molecule has 1 rings (SSSR count). The predicted molar refractivity (Wildman–Crippen MR) is 267 cm³/mol. The number of carbonyl (C=O) groups is 1. The lowest BCUT2D eigenvalue weighted by molar-refractivity contribution is -0.302. The Balaban J connectivity index is 2.26. The van der Waals surface area contributed by atoms with E-state index in [1.807, 2.05) is 6.08 Å². The van der Waals surface area contributed by atoms with Crippen LogP contribution in [0.1, 0.15) is 239 Å². The molecule has 6 N–H and O–H groups in total. The van der Waals surface area contributed by atoms with Gasteiger partial charge in [-0.05, 0) is 57.8 Å². The molecule has 9 heteroatoms. The molecule has 1 heterocycles. The molecule has 0 saturated carbocycles. The minimum absolute atomic E-state index is 0.181. The van der Waals surface area contributed by atoms with E-state index in [2.05, 4.69) is 55.6 Å². The maximum atomic E-state index is 13.0. The highest BCUT2D eigenvalue weighted by atomic mass is 16.7. The first-order chi connectivity index (χ1) is 31.3. The van der Waals surface area contributed by atoms with Crippen LogP contribution in [0.15, 0.2) is 48.6 Å². The average molecular weight is 904 g/mol. The fourth-order valence-electron chi connectivity index (χ4n) is 8.34. The molecule has 0 bridgehead atoms. The molecule has 0 radical (unpaired) electrons. The fourth-order valence-corrected chi connectivity index (χ4v) is 8.34. The third-order valence-electron chi connectivity index (χ3n) is 12.6. The number of hydrogen-bond donors (Lipinski definition) is 6. The minimum Gasteiger partial charge on any atom is -0.394 e. The van der Waals surface area contributed by atoms with Crippen molar-refractivity contribution in [3.63, 3.8) is 0 Å². The highest BCUT2D eigenvalue weighted by molar-refractivity contribution is 5.76. The van der Waals surface area contributed by atoms with Crippen molar-refractivity contribution in [3.8, 4) is 0 Å². The fraction of sp³-hybridized carbons (Fsp3) is 0.836. The summed E-state index contributed by atoms with van der Waals surface area (Å²) in [6.45, 7) is 3.77. The number of rotatable bonds is 45. The van der Waals surface area contributed by atoms with Crippen molar-refractivity contribution < 1.29 is 39.8 Å². The smallest absolute Gasteiger partial charge is 0.220 e. The molecule has 1 aliphatic rings. The average Bonchev–Trinajstić information content (AvgIpc) is 3.29. The van der Waals surface area contributed by atoms with E-state index in [1.54, 1.807) is 6.08 Å². The van der Waals surface area contributed by atoms with Crippen LogP contribution in [0.3, 0.4) is 0 Å². The molecule has 1 saturated heterocycles. The number of hydrogen-bond acceptors (Lipinski definition) is 8. The first kappa shape index (κ1) is 60.2. The van der Waals surface area contributed by atoms with Crippen LogP contribution in [0.4, 0.5) is 0 Å². The van der Waals surface area contributed by atoms with Crippen LogP contribution in [0.5, 0.6) is 0 Å². The van der Waals surface area contributed by atoms with E-state index in [4.69, 9.17) is 9.47 Å². The molecule has 64 heavy (non-hydrogen) atoms. The monoisotopic (exact) mass is 904 g/mol. The number of allylic oxidation sites excluding steroid dienone is 7. The lowest BCUT2D eigenvalue weighted by Gasteiger charge is -2.40. The van der Waals surface area contributed by atoms with Gasteiger partial charge in [-0.1, -0.05) is 223 Å². The zero-order valence-electron chi connectivity index (χ0n) is 41.3. The van der Waals surface area contributed by atoms with Gasteiger partial charge in [-0.25, -0.2) is 0 Å². The SMILES string of the molecule is CCCCCCC/C=C\C/C=C\C/C=C\CCCCCCCCCCCCC(=O)NC(COC1OC(CO)C(O)C(O)C1O)C(O)/C=C/CCCCCCCCCCCCCCCC. The molecule has 0 spiro atoms. The van der Waals surface area contributed by atoms with Gasteiger partial charge in [0.05, 0.1) is 25.4 Å². The Kier molecular flexibility index (Phi) is 42.3. The molecule has 374 valence electrons. The Morgan fingerprint density at radius 1 is 0.531 bits per heavy atom. The maximum absolute atomic E-state index is 13.0. The first-order valence-corrected chi connectivity index (χ1v) is 26.9. The Labute approximate surface area is 393 Å². The molecule has 9 nitrogen and oxygen atoms in total. The lowest BCUT2D eigenvalue weighted by atomic mass is 9.99. The second kappa shape index (κ2) is 45.0. The van der Waals surface area contributed by atoms with Crippen molar-refractivity contribution in [2.75, 3.05) is 13.2 Å². The molecule has 0 aromatic rings. The number of nitrogens with one attached hydrogen (secondary N) is 1. The summed E-state index contributed by atoms with van der Waals surface area (Å²) in [4.78, 5) is 13.0. The van der Waals surface area contributed by atoms with Gasteiger partial charge in [0.15, 0.2) is 6.29 Å². The highest BCUT2D eigenvalue weighted by Gasteiger charge is 2.44. The number of aliphatic hydroxyl groups excluding tert-OH is 5. The Bertz CT molecular complexity index is 1140. The molecule has 0 aliphatic carbocycles. The van der Waals surface area contributed by atoms with Crippen molar-refractivity contribution in [3.05, 3.63) is 48.6 Å². The van der Waals surface area contributed by atoms with Gasteiger partial charge in [-0.3, -0.25) is 4.79 Å². The van der Waals surface area contributed by atoms with Crippen molar-refractivity contribution >= 4 is 5.91 Å². The van der Waals surface area contributed by atoms with E-state index < -0.39 is 49.5 Å². The summed E-state index contributed by atoms with van der Waals surface area (Å²) in [6, 6.07) is -0.808. The van der Waals surface area contributed by atoms with Crippen LogP contribution in [-0.4, -0.2) is 87.5 Å². The van der Waals surface area contributed by atoms with Crippen LogP contribution < -0.4 is 5.32 Å². The number of ether oxygens (including phenoxy) is 2. The van der Waals surface area contributed by atoms with Crippen LogP contribution in [-0.2, 0) is 14.3 Å². The standard InChI is InChI=1S/C55H101NO8/c1-3-5-7-9-11-13-15-17-19-21-22-23-24-25-26-27-28-29-31-33-35-37-39-41-43-45-51(59)56-48(47-63-55-54(62)53(61)52(60)50(46-57)64-55)49(58)44-42-40-38-36-34-32-30-20-18-16-14-12-10-8-6-4-2/h15,17,21-22,24-25,42,44,48-50,52-55,57-58,60-62H,3-14,16,18-20,23,26-41,43,45-47H2,1-2H3,(H,56,59)/b17-15-,22-21-,25-24-,44-42+. The van der Waals surface area contributed by atoms with Gasteiger partial charge in [0.25, 0.3) is 0 Å². The third-order valence-corrected chi connectivity index (χ3v) is 12.6. The summed E-state index contributed by atoms with van der Waals surface area (Å²) in [5.41, 5.74) is 0. The number of amides is 1. The molecular formula is C55H101NO8. The zero-order chi connectivity index (χ0) is 46.6. The molecule has 1 amide bonds. The normalized spacial score (nSPS) is 20.4. The van der Waals surface area contributed by atoms with Gasteiger partial charge < -0.3 is 40.3 Å². The van der Waals surface area contributed by atoms with Crippen molar-refractivity contribution in [1.29, 1.82) is 0 Å². The van der Waals surface area contributed by atoms with Gasteiger partial charge in [0.2, 0.25) is 5.91 Å². The Morgan fingerprint density at radius 2 is 0.922 bits per heavy atom. The summed E-state index contributed by atoms with van der Waals surface area (Å²) in [5.74, 6) is -0.181. The van der Waals surface area contributed by atoms with Crippen LogP contribution in [0, 0.1) is 0 Å². The first-order valence-electron chi connectivity index (χ1n) is 26.9. The van der Waals surface area contributed by atoms with Crippen molar-refractivity contribution in [2.24, 2.45) is 0 Å². The van der Waals surface area contributed by atoms with Gasteiger partial charge >= 0.3 is 0 Å². The van der Waals surface area contributed by atoms with Gasteiger partial charge in [-0.2, -0.15) is 0 Å². The van der Waals surface area contributed by atoms with E-state index in [-0.39, 0.29) is 12.5 Å². The summed E-state index contributed by atoms with van der Waals surface area (Å²) >= 11 is 0. The Morgan fingerprint density at radius 3 is 1.36 bits per heavy atom. The second-order valence-corrected chi connectivity index (χ2v) is 18.7. The summed E-state index contributed by atoms with van der Waals surface area (Å²) in [5, 5.41) is 54.4. The lowest BCUT2D eigenvalue weighted by Crippen LogP contribution is -2.60. The molecule has 7 unspecified atom stereocenters. The van der Waals surface area contributed by atoms with Gasteiger partial charge in [0.1, 0.15) is 24.4 Å².